The molecule has 0 fully saturated rings. The van der Waals surface area contributed by atoms with Crippen LogP contribution >= 0.6 is 0 Å². The fraction of sp³-hybridized carbons (Fsp3) is 0.394. The second-order valence-electron chi connectivity index (χ2n) is 11.0. The average Bonchev–Trinajstić information content (AvgIpc) is 3.34. The fourth-order valence-electron chi connectivity index (χ4n) is 4.46. The predicted octanol–water partition coefficient (Wildman–Crippen LogP) is 3.68. The largest absolute Gasteiger partial charge is 0.444 e. The molecule has 0 saturated carbocycles. The van der Waals surface area contributed by atoms with E-state index in [2.05, 4.69) is 28.2 Å². The number of carbonyl (C=O) groups is 6. The number of nitrogens with one attached hydrogen (secondary N) is 4. The Labute approximate surface area is 262 Å². The molecule has 0 aromatic heterocycles. The van der Waals surface area contributed by atoms with Crippen LogP contribution in [-0.4, -0.2) is 59.7 Å². The molecule has 0 radical (unpaired) electrons. The molecule has 12 heteroatoms. The van der Waals surface area contributed by atoms with Crippen molar-refractivity contribution < 1.29 is 33.5 Å². The zero-order valence-corrected chi connectivity index (χ0v) is 25.9. The lowest BCUT2D eigenvalue weighted by Gasteiger charge is -2.21. The zero-order chi connectivity index (χ0) is 32.8. The van der Waals surface area contributed by atoms with Gasteiger partial charge >= 0.3 is 6.09 Å². The standard InChI is InChI=1S/C33H41N5O7/c1-4-23-9-13-26(14-10-23)36-33(44)45-21-24-11-15-25(16-12-24)35-28(40)20-34-32(43)31(22(2)3)37-27(39)8-6-5-7-19-38-29(41)17-18-30(38)42/h9-18,22,31H,4-8,19-21H2,1-3H3,(H,34,43)(H,35,40)(H,36,44)(H,37,39)/t31-/m0/s1. The number of aryl methyl sites for hydroxylation is 1. The van der Waals surface area contributed by atoms with Crippen LogP contribution in [0.15, 0.2) is 60.7 Å². The molecule has 1 atom stereocenters. The van der Waals surface area contributed by atoms with Crippen LogP contribution in [-0.2, 0) is 41.7 Å². The van der Waals surface area contributed by atoms with Gasteiger partial charge in [-0.3, -0.25) is 34.2 Å². The number of hydrogen-bond donors (Lipinski definition) is 4. The highest BCUT2D eigenvalue weighted by molar-refractivity contribution is 6.12. The smallest absolute Gasteiger partial charge is 0.411 e. The number of unbranched alkanes of at least 4 members (excludes halogenated alkanes) is 2. The number of ether oxygens (including phenoxy) is 1. The Kier molecular flexibility index (Phi) is 13.3. The summed E-state index contributed by atoms with van der Waals surface area (Å²) in [6.07, 6.45) is 4.76. The molecule has 12 nitrogen and oxygen atoms in total. The van der Waals surface area contributed by atoms with E-state index in [9.17, 15) is 28.8 Å². The first-order valence-corrected chi connectivity index (χ1v) is 15.1. The van der Waals surface area contributed by atoms with Crippen LogP contribution < -0.4 is 21.3 Å². The first-order valence-electron chi connectivity index (χ1n) is 15.1. The van der Waals surface area contributed by atoms with Gasteiger partial charge in [0.25, 0.3) is 11.8 Å². The van der Waals surface area contributed by atoms with Gasteiger partial charge in [0.05, 0.1) is 6.54 Å². The minimum Gasteiger partial charge on any atom is -0.444 e. The van der Waals surface area contributed by atoms with Crippen molar-refractivity contribution in [1.82, 2.24) is 15.5 Å². The van der Waals surface area contributed by atoms with Gasteiger partial charge in [0.1, 0.15) is 12.6 Å². The van der Waals surface area contributed by atoms with Crippen molar-refractivity contribution in [2.75, 3.05) is 23.7 Å². The Morgan fingerprint density at radius 1 is 0.778 bits per heavy atom. The van der Waals surface area contributed by atoms with E-state index in [1.807, 2.05) is 24.3 Å². The molecule has 2 aromatic carbocycles. The van der Waals surface area contributed by atoms with E-state index in [0.717, 1.165) is 16.9 Å². The van der Waals surface area contributed by atoms with E-state index in [0.29, 0.717) is 37.2 Å². The second-order valence-corrected chi connectivity index (χ2v) is 11.0. The van der Waals surface area contributed by atoms with Gasteiger partial charge < -0.3 is 20.7 Å². The normalized spacial score (nSPS) is 13.0. The molecule has 45 heavy (non-hydrogen) atoms. The lowest BCUT2D eigenvalue weighted by atomic mass is 10.0. The Bertz CT molecular complexity index is 1370. The van der Waals surface area contributed by atoms with Crippen molar-refractivity contribution in [2.45, 2.75) is 65.5 Å². The van der Waals surface area contributed by atoms with E-state index < -0.39 is 23.9 Å². The third kappa shape index (κ3) is 11.5. The topological polar surface area (TPSA) is 163 Å². The van der Waals surface area contributed by atoms with E-state index in [1.54, 1.807) is 38.1 Å². The summed E-state index contributed by atoms with van der Waals surface area (Å²) < 4.78 is 5.26. The predicted molar refractivity (Wildman–Crippen MR) is 169 cm³/mol. The zero-order valence-electron chi connectivity index (χ0n) is 25.9. The fourth-order valence-corrected chi connectivity index (χ4v) is 4.46. The van der Waals surface area contributed by atoms with Gasteiger partial charge in [0, 0.05) is 36.5 Å². The quantitative estimate of drug-likeness (QED) is 0.165. The molecule has 2 aromatic rings. The summed E-state index contributed by atoms with van der Waals surface area (Å²) in [5, 5.41) is 10.7. The van der Waals surface area contributed by atoms with Crippen molar-refractivity contribution in [3.63, 3.8) is 0 Å². The molecular formula is C33H41N5O7. The maximum atomic E-state index is 12.7. The van der Waals surface area contributed by atoms with Gasteiger partial charge in [-0.15, -0.1) is 0 Å². The molecule has 0 saturated heterocycles. The van der Waals surface area contributed by atoms with E-state index >= 15 is 0 Å². The first-order chi connectivity index (χ1) is 21.5. The van der Waals surface area contributed by atoms with Gasteiger partial charge in [-0.1, -0.05) is 51.5 Å². The monoisotopic (exact) mass is 619 g/mol. The summed E-state index contributed by atoms with van der Waals surface area (Å²) in [7, 11) is 0. The Balaban J connectivity index is 1.33. The number of imide groups is 1. The lowest BCUT2D eigenvalue weighted by Crippen LogP contribution is -2.51. The van der Waals surface area contributed by atoms with Gasteiger partial charge in [-0.05, 0) is 60.6 Å². The average molecular weight is 620 g/mol. The van der Waals surface area contributed by atoms with Crippen molar-refractivity contribution in [3.8, 4) is 0 Å². The third-order valence-electron chi connectivity index (χ3n) is 7.09. The molecule has 1 aliphatic heterocycles. The molecule has 6 amide bonds. The summed E-state index contributed by atoms with van der Waals surface area (Å²) in [4.78, 5) is 74.1. The van der Waals surface area contributed by atoms with Crippen LogP contribution in [0.1, 0.15) is 57.6 Å². The summed E-state index contributed by atoms with van der Waals surface area (Å²) in [6.45, 7) is 5.70. The number of carbonyl (C=O) groups excluding carboxylic acids is 6. The van der Waals surface area contributed by atoms with Crippen LogP contribution in [0.5, 0.6) is 0 Å². The maximum absolute atomic E-state index is 12.7. The van der Waals surface area contributed by atoms with Crippen molar-refractivity contribution in [2.24, 2.45) is 5.92 Å². The summed E-state index contributed by atoms with van der Waals surface area (Å²) >= 11 is 0. The maximum Gasteiger partial charge on any atom is 0.411 e. The third-order valence-corrected chi connectivity index (χ3v) is 7.09. The van der Waals surface area contributed by atoms with E-state index in [4.69, 9.17) is 4.74 Å². The Hall–Kier alpha value is -5.00. The second kappa shape index (κ2) is 17.3. The molecule has 3 rings (SSSR count). The number of nitrogens with zero attached hydrogens (tertiary/aromatic N) is 1. The van der Waals surface area contributed by atoms with Crippen LogP contribution in [0.3, 0.4) is 0 Å². The van der Waals surface area contributed by atoms with Crippen LogP contribution in [0.4, 0.5) is 16.2 Å². The number of rotatable bonds is 16. The van der Waals surface area contributed by atoms with Crippen molar-refractivity contribution in [1.29, 1.82) is 0 Å². The van der Waals surface area contributed by atoms with Crippen LogP contribution in [0, 0.1) is 5.92 Å². The van der Waals surface area contributed by atoms with Crippen LogP contribution in [0.2, 0.25) is 0 Å². The number of anilines is 2. The Morgan fingerprint density at radius 2 is 1.38 bits per heavy atom. The van der Waals surface area contributed by atoms with E-state index in [1.165, 1.54) is 17.7 Å². The minimum atomic E-state index is -0.816. The highest BCUT2D eigenvalue weighted by Crippen LogP contribution is 2.13. The molecule has 240 valence electrons. The van der Waals surface area contributed by atoms with Gasteiger partial charge in [-0.2, -0.15) is 0 Å². The molecule has 1 heterocycles. The first kappa shape index (κ1) is 34.5. The van der Waals surface area contributed by atoms with Crippen molar-refractivity contribution in [3.05, 3.63) is 71.8 Å². The van der Waals surface area contributed by atoms with Gasteiger partial charge in [0.2, 0.25) is 17.7 Å². The molecule has 1 aliphatic rings. The van der Waals surface area contributed by atoms with Crippen molar-refractivity contribution >= 4 is 47.0 Å². The van der Waals surface area contributed by atoms with E-state index in [-0.39, 0.29) is 43.2 Å². The molecule has 0 spiro atoms. The number of benzene rings is 2. The summed E-state index contributed by atoms with van der Waals surface area (Å²) in [5.41, 5.74) is 3.03. The lowest BCUT2D eigenvalue weighted by molar-refractivity contribution is -0.137. The molecule has 4 N–H and O–H groups in total. The molecule has 0 aliphatic carbocycles. The van der Waals surface area contributed by atoms with Gasteiger partial charge in [0.15, 0.2) is 0 Å². The highest BCUT2D eigenvalue weighted by atomic mass is 16.5. The Morgan fingerprint density at radius 3 is 1.98 bits per heavy atom. The summed E-state index contributed by atoms with van der Waals surface area (Å²) in [6, 6.07) is 13.4. The number of amides is 6. The molecular weight excluding hydrogens is 578 g/mol. The van der Waals surface area contributed by atoms with Crippen LogP contribution in [0.25, 0.3) is 0 Å². The van der Waals surface area contributed by atoms with Gasteiger partial charge in [-0.25, -0.2) is 4.79 Å². The molecule has 0 bridgehead atoms. The highest BCUT2D eigenvalue weighted by Gasteiger charge is 2.25. The summed E-state index contributed by atoms with van der Waals surface area (Å²) in [5.74, 6) is -2.08. The minimum absolute atomic E-state index is 0.0454. The SMILES string of the molecule is CCc1ccc(NC(=O)OCc2ccc(NC(=O)CNC(=O)[C@@H](NC(=O)CCCCCN3C(=O)C=CC3=O)C(C)C)cc2)cc1. The number of hydrogen-bond acceptors (Lipinski definition) is 7. The molecule has 0 unspecified atom stereocenters.